The van der Waals surface area contributed by atoms with Crippen molar-refractivity contribution in [2.24, 2.45) is 5.92 Å². The maximum atomic E-state index is 12.5. The van der Waals surface area contributed by atoms with Crippen LogP contribution < -0.4 is 5.32 Å². The van der Waals surface area contributed by atoms with Crippen LogP contribution in [0.15, 0.2) is 30.6 Å². The zero-order valence-electron chi connectivity index (χ0n) is 12.5. The van der Waals surface area contributed by atoms with Crippen LogP contribution in [0.1, 0.15) is 28.8 Å². The van der Waals surface area contributed by atoms with Gasteiger partial charge in [-0.05, 0) is 43.5 Å². The lowest BCUT2D eigenvalue weighted by molar-refractivity contribution is 0.0909. The summed E-state index contributed by atoms with van der Waals surface area (Å²) in [6.07, 6.45) is 11.6. The summed E-state index contributed by atoms with van der Waals surface area (Å²) >= 11 is 0. The highest BCUT2D eigenvalue weighted by Gasteiger charge is 2.32. The van der Waals surface area contributed by atoms with Crippen molar-refractivity contribution in [3.8, 4) is 12.3 Å². The third kappa shape index (κ3) is 2.38. The number of nitrogens with zero attached hydrogens (tertiary/aromatic N) is 2. The van der Waals surface area contributed by atoms with Gasteiger partial charge in [-0.1, -0.05) is 5.92 Å². The van der Waals surface area contributed by atoms with Crippen LogP contribution in [0.2, 0.25) is 0 Å². The largest absolute Gasteiger partial charge is 0.348 e. The number of nitrogens with one attached hydrogen (secondary N) is 1. The lowest BCUT2D eigenvalue weighted by Crippen LogP contribution is -2.47. The van der Waals surface area contributed by atoms with E-state index >= 15 is 0 Å². The smallest absolute Gasteiger partial charge is 0.251 e. The van der Waals surface area contributed by atoms with Crippen molar-refractivity contribution >= 4 is 11.4 Å². The molecule has 2 aliphatic rings. The minimum atomic E-state index is 0.0125. The quantitative estimate of drug-likeness (QED) is 0.856. The Labute approximate surface area is 130 Å². The van der Waals surface area contributed by atoms with Crippen LogP contribution in [0.3, 0.4) is 0 Å². The Kier molecular flexibility index (Phi) is 3.16. The fraction of sp³-hybridized carbons (Fsp3) is 0.389. The molecule has 2 aromatic rings. The van der Waals surface area contributed by atoms with Crippen LogP contribution in [0.5, 0.6) is 0 Å². The molecule has 0 spiro atoms. The average molecular weight is 293 g/mol. The molecule has 4 heteroatoms. The summed E-state index contributed by atoms with van der Waals surface area (Å²) in [4.78, 5) is 14.9. The number of aromatic nitrogens is 1. The minimum Gasteiger partial charge on any atom is -0.348 e. The summed E-state index contributed by atoms with van der Waals surface area (Å²) in [5, 5.41) is 3.19. The van der Waals surface area contributed by atoms with E-state index in [0.717, 1.165) is 30.0 Å². The van der Waals surface area contributed by atoms with Gasteiger partial charge in [-0.2, -0.15) is 0 Å². The van der Waals surface area contributed by atoms with Crippen LogP contribution >= 0.6 is 0 Å². The number of amides is 1. The average Bonchev–Trinajstić information content (AvgIpc) is 3.09. The van der Waals surface area contributed by atoms with E-state index in [0.29, 0.717) is 5.56 Å². The molecular weight excluding hydrogens is 274 g/mol. The van der Waals surface area contributed by atoms with Crippen molar-refractivity contribution in [3.05, 3.63) is 41.7 Å². The Morgan fingerprint density at radius 1 is 1.36 bits per heavy atom. The van der Waals surface area contributed by atoms with E-state index in [1.165, 1.54) is 19.5 Å². The standard InChI is InChI=1S/C18H19N3O/c1-2-13-8-17-9-15(4-6-21(17)11-13)18(22)19-16-7-14-3-5-20(10-14)12-16/h1,4,6,8-9,11,14,16H,3,5,7,10,12H2,(H,19,22). The highest BCUT2D eigenvalue weighted by molar-refractivity contribution is 5.95. The number of carbonyl (C=O) groups excluding carboxylic acids is 1. The molecule has 1 N–H and O–H groups in total. The van der Waals surface area contributed by atoms with Gasteiger partial charge in [0.05, 0.1) is 0 Å². The molecule has 3 atom stereocenters. The Morgan fingerprint density at radius 3 is 3.09 bits per heavy atom. The fourth-order valence-corrected chi connectivity index (χ4v) is 3.76. The maximum Gasteiger partial charge on any atom is 0.251 e. The number of hydrogen-bond donors (Lipinski definition) is 1. The molecule has 0 radical (unpaired) electrons. The van der Waals surface area contributed by atoms with Gasteiger partial charge < -0.3 is 14.6 Å². The van der Waals surface area contributed by atoms with E-state index < -0.39 is 0 Å². The normalized spacial score (nSPS) is 26.8. The molecule has 2 saturated heterocycles. The first kappa shape index (κ1) is 13.4. The molecule has 2 bridgehead atoms. The van der Waals surface area contributed by atoms with Crippen LogP contribution in [0.25, 0.3) is 5.52 Å². The molecule has 1 amide bonds. The molecule has 4 nitrogen and oxygen atoms in total. The zero-order valence-corrected chi connectivity index (χ0v) is 12.5. The van der Waals surface area contributed by atoms with Gasteiger partial charge in [0, 0.05) is 48.2 Å². The monoisotopic (exact) mass is 293 g/mol. The van der Waals surface area contributed by atoms with Crippen LogP contribution in [-0.2, 0) is 0 Å². The van der Waals surface area contributed by atoms with Crippen LogP contribution in [0.4, 0.5) is 0 Å². The summed E-state index contributed by atoms with van der Waals surface area (Å²) in [6.45, 7) is 3.37. The van der Waals surface area contributed by atoms with Gasteiger partial charge in [-0.3, -0.25) is 4.79 Å². The van der Waals surface area contributed by atoms with Gasteiger partial charge in [-0.15, -0.1) is 6.42 Å². The number of carbonyl (C=O) groups is 1. The number of pyridine rings is 1. The van der Waals surface area contributed by atoms with Gasteiger partial charge in [0.2, 0.25) is 0 Å². The van der Waals surface area contributed by atoms with Crippen molar-refractivity contribution in [1.82, 2.24) is 14.6 Å². The van der Waals surface area contributed by atoms with E-state index in [-0.39, 0.29) is 11.9 Å². The molecule has 0 aromatic carbocycles. The van der Waals surface area contributed by atoms with Crippen LogP contribution in [0, 0.1) is 18.3 Å². The van der Waals surface area contributed by atoms with Crippen molar-refractivity contribution in [1.29, 1.82) is 0 Å². The summed E-state index contributed by atoms with van der Waals surface area (Å²) in [5.41, 5.74) is 2.48. The van der Waals surface area contributed by atoms with E-state index in [9.17, 15) is 4.79 Å². The Balaban J connectivity index is 1.51. The number of rotatable bonds is 2. The molecule has 0 aliphatic carbocycles. The Morgan fingerprint density at radius 2 is 2.27 bits per heavy atom. The molecular formula is C18H19N3O. The predicted molar refractivity (Wildman–Crippen MR) is 85.8 cm³/mol. The van der Waals surface area contributed by atoms with Crippen molar-refractivity contribution in [2.75, 3.05) is 19.6 Å². The van der Waals surface area contributed by atoms with Crippen LogP contribution in [-0.4, -0.2) is 40.9 Å². The topological polar surface area (TPSA) is 36.8 Å². The minimum absolute atomic E-state index is 0.0125. The first-order valence-electron chi connectivity index (χ1n) is 7.83. The molecule has 3 unspecified atom stereocenters. The summed E-state index contributed by atoms with van der Waals surface area (Å²) in [6, 6.07) is 5.94. The molecule has 4 rings (SSSR count). The Hall–Kier alpha value is -2.25. The molecule has 112 valence electrons. The molecule has 4 heterocycles. The molecule has 0 saturated carbocycles. The van der Waals surface area contributed by atoms with E-state index in [1.54, 1.807) is 0 Å². The third-order valence-electron chi connectivity index (χ3n) is 4.83. The van der Waals surface area contributed by atoms with Gasteiger partial charge in [-0.25, -0.2) is 0 Å². The number of piperidine rings is 1. The molecule has 2 aliphatic heterocycles. The predicted octanol–water partition coefficient (Wildman–Crippen LogP) is 1.74. The first-order chi connectivity index (χ1) is 10.7. The van der Waals surface area contributed by atoms with E-state index in [4.69, 9.17) is 6.42 Å². The maximum absolute atomic E-state index is 12.5. The number of hydrogen-bond acceptors (Lipinski definition) is 2. The molecule has 22 heavy (non-hydrogen) atoms. The number of terminal acetylenes is 1. The summed E-state index contributed by atoms with van der Waals surface area (Å²) in [7, 11) is 0. The highest BCUT2D eigenvalue weighted by Crippen LogP contribution is 2.26. The summed E-state index contributed by atoms with van der Waals surface area (Å²) < 4.78 is 1.94. The second kappa shape index (κ2) is 5.19. The molecule has 2 aromatic heterocycles. The van der Waals surface area contributed by atoms with E-state index in [2.05, 4.69) is 16.1 Å². The Bertz CT molecular complexity index is 758. The van der Waals surface area contributed by atoms with Crippen molar-refractivity contribution in [3.63, 3.8) is 0 Å². The van der Waals surface area contributed by atoms with Gasteiger partial charge >= 0.3 is 0 Å². The van der Waals surface area contributed by atoms with Gasteiger partial charge in [0.1, 0.15) is 0 Å². The van der Waals surface area contributed by atoms with Gasteiger partial charge in [0.25, 0.3) is 5.91 Å². The third-order valence-corrected chi connectivity index (χ3v) is 4.83. The van der Waals surface area contributed by atoms with Gasteiger partial charge in [0.15, 0.2) is 0 Å². The summed E-state index contributed by atoms with van der Waals surface area (Å²) in [5.74, 6) is 3.39. The lowest BCUT2D eigenvalue weighted by atomic mass is 9.96. The van der Waals surface area contributed by atoms with Crippen molar-refractivity contribution in [2.45, 2.75) is 18.9 Å². The van der Waals surface area contributed by atoms with E-state index in [1.807, 2.05) is 35.0 Å². The second-order valence-electron chi connectivity index (χ2n) is 6.44. The lowest BCUT2D eigenvalue weighted by Gasteiger charge is -2.30. The zero-order chi connectivity index (χ0) is 15.1. The number of fused-ring (bicyclic) bond motifs is 3. The van der Waals surface area contributed by atoms with Crippen molar-refractivity contribution < 1.29 is 4.79 Å². The highest BCUT2D eigenvalue weighted by atomic mass is 16.1. The molecule has 2 fully saturated rings. The second-order valence-corrected chi connectivity index (χ2v) is 6.44. The fourth-order valence-electron chi connectivity index (χ4n) is 3.76. The SMILES string of the molecule is C#Cc1cc2cc(C(=O)NC3CC4CCN(C4)C3)ccn2c1. The first-order valence-corrected chi connectivity index (χ1v) is 7.83.